The zero-order chi connectivity index (χ0) is 20.5. The zero-order valence-electron chi connectivity index (χ0n) is 17.3. The fraction of sp³-hybridized carbons (Fsp3) is 0.522. The van der Waals surface area contributed by atoms with E-state index in [9.17, 15) is 14.4 Å². The summed E-state index contributed by atoms with van der Waals surface area (Å²) in [7, 11) is 0. The first-order chi connectivity index (χ1) is 14.0. The highest BCUT2D eigenvalue weighted by atomic mass is 16.2. The molecule has 2 fully saturated rings. The van der Waals surface area contributed by atoms with Gasteiger partial charge in [0.1, 0.15) is 6.54 Å². The number of carbonyl (C=O) groups is 3. The predicted molar refractivity (Wildman–Crippen MR) is 112 cm³/mol. The van der Waals surface area contributed by atoms with Crippen molar-refractivity contribution in [3.05, 3.63) is 36.0 Å². The number of fused-ring (bicyclic) bond motifs is 1. The van der Waals surface area contributed by atoms with Crippen molar-refractivity contribution in [2.24, 2.45) is 0 Å². The van der Waals surface area contributed by atoms with E-state index in [4.69, 9.17) is 0 Å². The Morgan fingerprint density at radius 2 is 1.62 bits per heavy atom. The third kappa shape index (κ3) is 3.68. The van der Waals surface area contributed by atoms with Crippen LogP contribution < -0.4 is 0 Å². The summed E-state index contributed by atoms with van der Waals surface area (Å²) in [4.78, 5) is 42.6. The van der Waals surface area contributed by atoms with E-state index in [0.29, 0.717) is 5.56 Å². The second-order valence-corrected chi connectivity index (χ2v) is 8.45. The molecule has 0 N–H and O–H groups in total. The van der Waals surface area contributed by atoms with E-state index in [1.165, 1.54) is 0 Å². The quantitative estimate of drug-likeness (QED) is 0.590. The lowest BCUT2D eigenvalue weighted by molar-refractivity contribution is -0.132. The molecule has 2 aliphatic heterocycles. The predicted octanol–water partition coefficient (Wildman–Crippen LogP) is 3.24. The molecule has 0 bridgehead atoms. The zero-order valence-corrected chi connectivity index (χ0v) is 17.3. The van der Waals surface area contributed by atoms with Gasteiger partial charge in [-0.3, -0.25) is 14.4 Å². The number of amides is 2. The van der Waals surface area contributed by atoms with Gasteiger partial charge in [0.2, 0.25) is 5.91 Å². The average Bonchev–Trinajstić information content (AvgIpc) is 3.36. The molecule has 2 aliphatic rings. The molecule has 154 valence electrons. The van der Waals surface area contributed by atoms with Crippen LogP contribution in [0.4, 0.5) is 0 Å². The van der Waals surface area contributed by atoms with Gasteiger partial charge in [-0.05, 0) is 52.0 Å². The summed E-state index contributed by atoms with van der Waals surface area (Å²) >= 11 is 0. The number of rotatable bonds is 4. The Balaban J connectivity index is 1.64. The molecule has 3 heterocycles. The van der Waals surface area contributed by atoms with Gasteiger partial charge >= 0.3 is 0 Å². The molecule has 1 aromatic heterocycles. The van der Waals surface area contributed by atoms with Crippen LogP contribution in [-0.2, 0) is 16.1 Å². The summed E-state index contributed by atoms with van der Waals surface area (Å²) in [5, 5.41) is 0.734. The molecule has 4 rings (SSSR count). The van der Waals surface area contributed by atoms with Gasteiger partial charge in [0.05, 0.1) is 5.56 Å². The Morgan fingerprint density at radius 1 is 0.966 bits per heavy atom. The highest BCUT2D eigenvalue weighted by molar-refractivity contribution is 6.45. The molecule has 0 radical (unpaired) electrons. The van der Waals surface area contributed by atoms with Crippen molar-refractivity contribution < 1.29 is 14.4 Å². The third-order valence-corrected chi connectivity index (χ3v) is 6.42. The summed E-state index contributed by atoms with van der Waals surface area (Å²) in [6, 6.07) is 7.66. The molecule has 0 aliphatic carbocycles. The van der Waals surface area contributed by atoms with E-state index in [0.717, 1.165) is 56.1 Å². The molecule has 6 nitrogen and oxygen atoms in total. The molecule has 2 aromatic rings. The summed E-state index contributed by atoms with van der Waals surface area (Å²) in [6.07, 6.45) is 6.71. The number of aromatic nitrogens is 1. The Kier molecular flexibility index (Phi) is 5.43. The number of piperidine rings is 1. The van der Waals surface area contributed by atoms with Crippen molar-refractivity contribution in [1.82, 2.24) is 14.4 Å². The van der Waals surface area contributed by atoms with Gasteiger partial charge < -0.3 is 14.4 Å². The SMILES string of the molecule is CC1CCCC(C)N1C(=O)C(=O)c1cn(CC(=O)N2CCCC2)c2ccccc12. The minimum absolute atomic E-state index is 0.0619. The van der Waals surface area contributed by atoms with Crippen molar-refractivity contribution in [3.8, 4) is 0 Å². The van der Waals surface area contributed by atoms with E-state index >= 15 is 0 Å². The highest BCUT2D eigenvalue weighted by Gasteiger charge is 2.34. The van der Waals surface area contributed by atoms with Gasteiger partial charge in [0.25, 0.3) is 11.7 Å². The minimum Gasteiger partial charge on any atom is -0.341 e. The van der Waals surface area contributed by atoms with Crippen molar-refractivity contribution in [3.63, 3.8) is 0 Å². The summed E-state index contributed by atoms with van der Waals surface area (Å²) in [5.41, 5.74) is 1.21. The van der Waals surface area contributed by atoms with E-state index < -0.39 is 11.7 Å². The highest BCUT2D eigenvalue weighted by Crippen LogP contribution is 2.27. The average molecular weight is 396 g/mol. The first kappa shape index (κ1) is 19.7. The standard InChI is InChI=1S/C23H29N3O3/c1-16-8-7-9-17(2)26(16)23(29)22(28)19-14-25(20-11-4-3-10-18(19)20)15-21(27)24-12-5-6-13-24/h3-4,10-11,14,16-17H,5-9,12-13,15H2,1-2H3. The second-order valence-electron chi connectivity index (χ2n) is 8.45. The van der Waals surface area contributed by atoms with Crippen LogP contribution in [0.1, 0.15) is 56.3 Å². The lowest BCUT2D eigenvalue weighted by Gasteiger charge is -2.38. The normalized spacial score (nSPS) is 22.3. The molecule has 2 amide bonds. The Hall–Kier alpha value is -2.63. The number of hydrogen-bond donors (Lipinski definition) is 0. The number of likely N-dealkylation sites (tertiary alicyclic amines) is 2. The third-order valence-electron chi connectivity index (χ3n) is 6.42. The summed E-state index contributed by atoms with van der Waals surface area (Å²) < 4.78 is 1.82. The fourth-order valence-electron chi connectivity index (χ4n) is 4.82. The molecule has 6 heteroatoms. The first-order valence-corrected chi connectivity index (χ1v) is 10.7. The van der Waals surface area contributed by atoms with Crippen LogP contribution in [0.3, 0.4) is 0 Å². The molecule has 2 saturated heterocycles. The van der Waals surface area contributed by atoms with Crippen molar-refractivity contribution >= 4 is 28.5 Å². The molecule has 0 saturated carbocycles. The maximum atomic E-state index is 13.2. The van der Waals surface area contributed by atoms with Gasteiger partial charge in [-0.1, -0.05) is 18.2 Å². The molecular weight excluding hydrogens is 366 g/mol. The number of para-hydroxylation sites is 1. The van der Waals surface area contributed by atoms with Gasteiger partial charge in [-0.15, -0.1) is 0 Å². The number of benzene rings is 1. The van der Waals surface area contributed by atoms with Crippen molar-refractivity contribution in [1.29, 1.82) is 0 Å². The maximum Gasteiger partial charge on any atom is 0.295 e. The van der Waals surface area contributed by atoms with Crippen LogP contribution in [0.25, 0.3) is 10.9 Å². The van der Waals surface area contributed by atoms with E-state index in [2.05, 4.69) is 0 Å². The number of hydrogen-bond acceptors (Lipinski definition) is 3. The van der Waals surface area contributed by atoms with E-state index in [-0.39, 0.29) is 24.5 Å². The molecule has 2 atom stereocenters. The van der Waals surface area contributed by atoms with Crippen molar-refractivity contribution in [2.45, 2.75) is 64.6 Å². The van der Waals surface area contributed by atoms with Crippen molar-refractivity contribution in [2.75, 3.05) is 13.1 Å². The monoisotopic (exact) mass is 395 g/mol. The molecule has 2 unspecified atom stereocenters. The molecule has 1 aromatic carbocycles. The van der Waals surface area contributed by atoms with Gasteiger partial charge in [0, 0.05) is 42.3 Å². The van der Waals surface area contributed by atoms with Crippen LogP contribution >= 0.6 is 0 Å². The maximum absolute atomic E-state index is 13.2. The smallest absolute Gasteiger partial charge is 0.295 e. The molecule has 0 spiro atoms. The fourth-order valence-corrected chi connectivity index (χ4v) is 4.82. The van der Waals surface area contributed by atoms with E-state index in [1.54, 1.807) is 11.1 Å². The Labute approximate surface area is 171 Å². The van der Waals surface area contributed by atoms with Crippen LogP contribution in [0.15, 0.2) is 30.5 Å². The Bertz CT molecular complexity index is 932. The molecule has 29 heavy (non-hydrogen) atoms. The van der Waals surface area contributed by atoms with Crippen LogP contribution in [0.5, 0.6) is 0 Å². The van der Waals surface area contributed by atoms with Gasteiger partial charge in [0.15, 0.2) is 0 Å². The number of Topliss-reactive ketones (excluding diaryl/α,β-unsaturated/α-hetero) is 1. The lowest BCUT2D eigenvalue weighted by atomic mass is 9.96. The number of nitrogens with zero attached hydrogens (tertiary/aromatic N) is 3. The topological polar surface area (TPSA) is 62.6 Å². The van der Waals surface area contributed by atoms with Crippen LogP contribution in [0, 0.1) is 0 Å². The van der Waals surface area contributed by atoms with Gasteiger partial charge in [-0.2, -0.15) is 0 Å². The first-order valence-electron chi connectivity index (χ1n) is 10.7. The largest absolute Gasteiger partial charge is 0.341 e. The van der Waals surface area contributed by atoms with Crippen LogP contribution in [-0.4, -0.2) is 57.1 Å². The number of ketones is 1. The van der Waals surface area contributed by atoms with E-state index in [1.807, 2.05) is 47.6 Å². The van der Waals surface area contributed by atoms with Gasteiger partial charge in [-0.25, -0.2) is 0 Å². The number of carbonyl (C=O) groups excluding carboxylic acids is 3. The summed E-state index contributed by atoms with van der Waals surface area (Å²) in [6.45, 7) is 5.82. The second kappa shape index (κ2) is 8.01. The molecular formula is C23H29N3O3. The minimum atomic E-state index is -0.478. The Morgan fingerprint density at radius 3 is 2.31 bits per heavy atom. The lowest BCUT2D eigenvalue weighted by Crippen LogP contribution is -2.50. The summed E-state index contributed by atoms with van der Waals surface area (Å²) in [5.74, 6) is -0.848. The van der Waals surface area contributed by atoms with Crippen LogP contribution in [0.2, 0.25) is 0 Å².